The maximum atomic E-state index is 12.1. The maximum Gasteiger partial charge on any atom is 0.327 e. The van der Waals surface area contributed by atoms with Crippen LogP contribution in [-0.2, 0) is 9.53 Å². The largest absolute Gasteiger partial charge is 0.465 e. The molecule has 1 rings (SSSR count). The molecule has 0 aromatic rings. The van der Waals surface area contributed by atoms with Crippen molar-refractivity contribution in [2.24, 2.45) is 5.92 Å². The second kappa shape index (κ2) is 9.72. The van der Waals surface area contributed by atoms with E-state index in [1.54, 1.807) is 13.2 Å². The van der Waals surface area contributed by atoms with E-state index in [0.717, 1.165) is 24.8 Å². The molecular weight excluding hydrogens is 310 g/mol. The fourth-order valence-electron chi connectivity index (χ4n) is 2.68. The molecule has 0 N–H and O–H groups in total. The Hall–Kier alpha value is -2.23. The molecule has 120 valence electrons. The van der Waals surface area contributed by atoms with Gasteiger partial charge in [0.15, 0.2) is 5.92 Å². The molecule has 0 heterocycles. The number of rotatable bonds is 5. The Kier molecular flexibility index (Phi) is 7.95. The molecule has 0 saturated carbocycles. The topological polar surface area (TPSA) is 97.7 Å². The van der Waals surface area contributed by atoms with Gasteiger partial charge in [0.25, 0.3) is 0 Å². The summed E-state index contributed by atoms with van der Waals surface area (Å²) in [5.41, 5.74) is 1.54. The van der Waals surface area contributed by atoms with Crippen LogP contribution in [0.4, 0.5) is 0 Å². The van der Waals surface area contributed by atoms with Gasteiger partial charge >= 0.3 is 5.97 Å². The molecule has 0 bridgehead atoms. The molecule has 0 amide bonds. The molecular formula is C17H19N3O2S. The normalized spacial score (nSPS) is 15.4. The minimum absolute atomic E-state index is 0.0347. The zero-order valence-electron chi connectivity index (χ0n) is 13.4. The Labute approximate surface area is 141 Å². The van der Waals surface area contributed by atoms with Gasteiger partial charge in [-0.1, -0.05) is 6.42 Å². The van der Waals surface area contributed by atoms with Crippen molar-refractivity contribution in [2.75, 3.05) is 12.9 Å². The van der Waals surface area contributed by atoms with Gasteiger partial charge in [0.1, 0.15) is 17.7 Å². The number of carbonyl (C=O) groups is 1. The SMILES string of the molecule is CCOC(=O)C(C#N)C1=C(C(SC)=C(C#N)C#N)CCCCC1. The molecule has 0 spiro atoms. The van der Waals surface area contributed by atoms with Crippen LogP contribution in [0.15, 0.2) is 21.6 Å². The number of thioether (sulfide) groups is 1. The molecule has 23 heavy (non-hydrogen) atoms. The highest BCUT2D eigenvalue weighted by Gasteiger charge is 2.29. The van der Waals surface area contributed by atoms with E-state index in [1.165, 1.54) is 11.8 Å². The van der Waals surface area contributed by atoms with Crippen LogP contribution in [0.5, 0.6) is 0 Å². The lowest BCUT2D eigenvalue weighted by Crippen LogP contribution is -2.20. The standard InChI is InChI=1S/C17H19N3O2S/c1-3-22-17(21)15(11-20)13-7-5-4-6-8-14(13)16(23-2)12(9-18)10-19/h15H,3-8H2,1-2H3. The Morgan fingerprint density at radius 3 is 2.39 bits per heavy atom. The number of allylic oxidation sites excluding steroid dienone is 2. The lowest BCUT2D eigenvalue weighted by molar-refractivity contribution is -0.144. The highest BCUT2D eigenvalue weighted by atomic mass is 32.2. The van der Waals surface area contributed by atoms with Crippen molar-refractivity contribution in [2.45, 2.75) is 39.0 Å². The van der Waals surface area contributed by atoms with Gasteiger partial charge in [0, 0.05) is 4.91 Å². The molecule has 1 aliphatic carbocycles. The first kappa shape index (κ1) is 18.8. The Morgan fingerprint density at radius 2 is 1.87 bits per heavy atom. The smallest absolute Gasteiger partial charge is 0.327 e. The fourth-order valence-corrected chi connectivity index (χ4v) is 3.46. The minimum Gasteiger partial charge on any atom is -0.465 e. The number of carbonyl (C=O) groups excluding carboxylic acids is 1. The average molecular weight is 329 g/mol. The summed E-state index contributed by atoms with van der Waals surface area (Å²) in [7, 11) is 0. The molecule has 1 aliphatic rings. The first-order valence-electron chi connectivity index (χ1n) is 7.51. The van der Waals surface area contributed by atoms with Gasteiger partial charge < -0.3 is 4.74 Å². The molecule has 0 aromatic carbocycles. The lowest BCUT2D eigenvalue weighted by atomic mass is 9.90. The van der Waals surface area contributed by atoms with Crippen LogP contribution in [0.2, 0.25) is 0 Å². The van der Waals surface area contributed by atoms with E-state index in [4.69, 9.17) is 4.74 Å². The maximum absolute atomic E-state index is 12.1. The van der Waals surface area contributed by atoms with Gasteiger partial charge in [0.2, 0.25) is 0 Å². The molecule has 6 heteroatoms. The summed E-state index contributed by atoms with van der Waals surface area (Å²) in [5.74, 6) is -1.52. The first-order chi connectivity index (χ1) is 11.1. The number of esters is 1. The summed E-state index contributed by atoms with van der Waals surface area (Å²) in [4.78, 5) is 12.7. The highest BCUT2D eigenvalue weighted by Crippen LogP contribution is 2.38. The van der Waals surface area contributed by atoms with E-state index in [0.29, 0.717) is 23.3 Å². The highest BCUT2D eigenvalue weighted by molar-refractivity contribution is 8.02. The number of hydrogen-bond donors (Lipinski definition) is 0. The Bertz CT molecular complexity index is 628. The zero-order chi connectivity index (χ0) is 17.2. The van der Waals surface area contributed by atoms with Crippen molar-refractivity contribution in [3.63, 3.8) is 0 Å². The van der Waals surface area contributed by atoms with E-state index >= 15 is 0 Å². The zero-order valence-corrected chi connectivity index (χ0v) is 14.2. The third-order valence-corrected chi connectivity index (χ3v) is 4.55. The van der Waals surface area contributed by atoms with Crippen LogP contribution in [0.3, 0.4) is 0 Å². The van der Waals surface area contributed by atoms with Crippen molar-refractivity contribution in [1.82, 2.24) is 0 Å². The van der Waals surface area contributed by atoms with Crippen LogP contribution in [0.25, 0.3) is 0 Å². The van der Waals surface area contributed by atoms with Gasteiger partial charge in [0.05, 0.1) is 12.7 Å². The van der Waals surface area contributed by atoms with E-state index in [-0.39, 0.29) is 12.2 Å². The van der Waals surface area contributed by atoms with Crippen molar-refractivity contribution in [3.8, 4) is 18.2 Å². The molecule has 0 aromatic heterocycles. The van der Waals surface area contributed by atoms with Crippen LogP contribution in [-0.4, -0.2) is 18.8 Å². The van der Waals surface area contributed by atoms with Crippen molar-refractivity contribution in [1.29, 1.82) is 15.8 Å². The average Bonchev–Trinajstić information content (AvgIpc) is 2.79. The van der Waals surface area contributed by atoms with E-state index in [9.17, 15) is 20.6 Å². The summed E-state index contributed by atoms with van der Waals surface area (Å²) in [6.07, 6.45) is 5.85. The number of nitriles is 3. The molecule has 5 nitrogen and oxygen atoms in total. The number of ether oxygens (including phenoxy) is 1. The van der Waals surface area contributed by atoms with E-state index in [1.807, 2.05) is 18.2 Å². The van der Waals surface area contributed by atoms with Gasteiger partial charge in [-0.05, 0) is 50.0 Å². The van der Waals surface area contributed by atoms with Crippen LogP contribution >= 0.6 is 11.8 Å². The van der Waals surface area contributed by atoms with E-state index < -0.39 is 11.9 Å². The van der Waals surface area contributed by atoms with Gasteiger partial charge in [-0.25, -0.2) is 0 Å². The predicted molar refractivity (Wildman–Crippen MR) is 87.6 cm³/mol. The monoisotopic (exact) mass is 329 g/mol. The van der Waals surface area contributed by atoms with Crippen LogP contribution in [0.1, 0.15) is 39.0 Å². The van der Waals surface area contributed by atoms with Crippen molar-refractivity contribution >= 4 is 17.7 Å². The van der Waals surface area contributed by atoms with Crippen molar-refractivity contribution in [3.05, 3.63) is 21.6 Å². The van der Waals surface area contributed by atoms with Crippen LogP contribution in [0, 0.1) is 39.9 Å². The predicted octanol–water partition coefficient (Wildman–Crippen LogP) is 3.61. The number of nitrogens with zero attached hydrogens (tertiary/aromatic N) is 3. The van der Waals surface area contributed by atoms with Crippen molar-refractivity contribution < 1.29 is 9.53 Å². The third kappa shape index (κ3) is 4.62. The number of hydrogen-bond acceptors (Lipinski definition) is 6. The minimum atomic E-state index is -0.969. The van der Waals surface area contributed by atoms with Gasteiger partial charge in [-0.15, -0.1) is 11.8 Å². The third-order valence-electron chi connectivity index (χ3n) is 3.69. The second-order valence-corrected chi connectivity index (χ2v) is 5.83. The molecule has 1 unspecified atom stereocenters. The van der Waals surface area contributed by atoms with Gasteiger partial charge in [-0.2, -0.15) is 15.8 Å². The summed E-state index contributed by atoms with van der Waals surface area (Å²) in [6.45, 7) is 1.91. The molecule has 1 atom stereocenters. The molecule has 0 aliphatic heterocycles. The molecule has 0 fully saturated rings. The fraction of sp³-hybridized carbons (Fsp3) is 0.529. The summed E-state index contributed by atoms with van der Waals surface area (Å²) < 4.78 is 5.02. The van der Waals surface area contributed by atoms with E-state index in [2.05, 4.69) is 0 Å². The van der Waals surface area contributed by atoms with Crippen LogP contribution < -0.4 is 0 Å². The summed E-state index contributed by atoms with van der Waals surface area (Å²) >= 11 is 1.31. The summed E-state index contributed by atoms with van der Waals surface area (Å²) in [5, 5.41) is 27.8. The first-order valence-corrected chi connectivity index (χ1v) is 8.74. The quantitative estimate of drug-likeness (QED) is 0.564. The Balaban J connectivity index is 3.50. The molecule has 0 radical (unpaired) electrons. The van der Waals surface area contributed by atoms with Gasteiger partial charge in [-0.3, -0.25) is 4.79 Å². The second-order valence-electron chi connectivity index (χ2n) is 5.01. The lowest BCUT2D eigenvalue weighted by Gasteiger charge is -2.18. The summed E-state index contributed by atoms with van der Waals surface area (Å²) in [6, 6.07) is 5.87. The molecule has 0 saturated heterocycles. The Morgan fingerprint density at radius 1 is 1.22 bits per heavy atom.